The fourth-order valence-corrected chi connectivity index (χ4v) is 2.70. The highest BCUT2D eigenvalue weighted by molar-refractivity contribution is 5.05. The van der Waals surface area contributed by atoms with Crippen LogP contribution in [0.25, 0.3) is 0 Å². The normalized spacial score (nSPS) is 20.5. The molecule has 108 valence electrons. The second-order valence-electron chi connectivity index (χ2n) is 5.59. The minimum absolute atomic E-state index is 0.650. The lowest BCUT2D eigenvalue weighted by atomic mass is 10.2. The van der Waals surface area contributed by atoms with Crippen LogP contribution in [0.4, 0.5) is 0 Å². The van der Waals surface area contributed by atoms with Crippen LogP contribution in [-0.2, 0) is 13.1 Å². The van der Waals surface area contributed by atoms with E-state index in [2.05, 4.69) is 47.4 Å². The number of hydrogen-bond donors (Lipinski definition) is 1. The SMILES string of the molecule is CCNCc1cc(CN2CCCC2CN(C)C)on1. The summed E-state index contributed by atoms with van der Waals surface area (Å²) in [6.45, 7) is 7.02. The van der Waals surface area contributed by atoms with Crippen molar-refractivity contribution in [3.05, 3.63) is 17.5 Å². The molecule has 0 bridgehead atoms. The van der Waals surface area contributed by atoms with Crippen LogP contribution in [0.3, 0.4) is 0 Å². The van der Waals surface area contributed by atoms with Crippen molar-refractivity contribution < 1.29 is 4.52 Å². The summed E-state index contributed by atoms with van der Waals surface area (Å²) >= 11 is 0. The zero-order valence-corrected chi connectivity index (χ0v) is 12.4. The van der Waals surface area contributed by atoms with Crippen molar-refractivity contribution in [3.8, 4) is 0 Å². The van der Waals surface area contributed by atoms with E-state index in [1.165, 1.54) is 19.4 Å². The number of likely N-dealkylation sites (N-methyl/N-ethyl adjacent to an activating group) is 1. The second-order valence-corrected chi connectivity index (χ2v) is 5.59. The van der Waals surface area contributed by atoms with Crippen molar-refractivity contribution >= 4 is 0 Å². The first-order chi connectivity index (χ1) is 9.19. The third kappa shape index (κ3) is 4.30. The standard InChI is InChI=1S/C14H26N4O/c1-4-15-9-12-8-14(19-16-12)11-18-7-5-6-13(18)10-17(2)3/h8,13,15H,4-7,9-11H2,1-3H3. The minimum Gasteiger partial charge on any atom is -0.360 e. The van der Waals surface area contributed by atoms with Crippen LogP contribution in [-0.4, -0.2) is 54.7 Å². The molecule has 19 heavy (non-hydrogen) atoms. The number of nitrogens with zero attached hydrogens (tertiary/aromatic N) is 3. The van der Waals surface area contributed by atoms with Gasteiger partial charge in [-0.05, 0) is 40.0 Å². The third-order valence-corrected chi connectivity index (χ3v) is 3.60. The monoisotopic (exact) mass is 266 g/mol. The predicted molar refractivity (Wildman–Crippen MR) is 75.9 cm³/mol. The number of nitrogens with one attached hydrogen (secondary N) is 1. The topological polar surface area (TPSA) is 44.5 Å². The molecule has 5 heteroatoms. The van der Waals surface area contributed by atoms with Gasteiger partial charge >= 0.3 is 0 Å². The molecule has 1 N–H and O–H groups in total. The van der Waals surface area contributed by atoms with E-state index < -0.39 is 0 Å². The first-order valence-electron chi connectivity index (χ1n) is 7.23. The van der Waals surface area contributed by atoms with Gasteiger partial charge in [0.2, 0.25) is 0 Å². The fraction of sp³-hybridized carbons (Fsp3) is 0.786. The highest BCUT2D eigenvalue weighted by Gasteiger charge is 2.25. The van der Waals surface area contributed by atoms with Crippen LogP contribution < -0.4 is 5.32 Å². The van der Waals surface area contributed by atoms with E-state index in [1.54, 1.807) is 0 Å². The number of rotatable bonds is 7. The van der Waals surface area contributed by atoms with Crippen LogP contribution in [0.15, 0.2) is 10.6 Å². The lowest BCUT2D eigenvalue weighted by molar-refractivity contribution is 0.182. The largest absolute Gasteiger partial charge is 0.360 e. The summed E-state index contributed by atoms with van der Waals surface area (Å²) in [6.07, 6.45) is 2.58. The smallest absolute Gasteiger partial charge is 0.151 e. The molecule has 0 amide bonds. The van der Waals surface area contributed by atoms with Crippen molar-refractivity contribution in [3.63, 3.8) is 0 Å². The van der Waals surface area contributed by atoms with Crippen LogP contribution in [0.5, 0.6) is 0 Å². The second kappa shape index (κ2) is 7.03. The molecule has 1 fully saturated rings. The Labute approximate surface area is 115 Å². The van der Waals surface area contributed by atoms with E-state index in [-0.39, 0.29) is 0 Å². The Morgan fingerprint density at radius 3 is 3.11 bits per heavy atom. The first-order valence-corrected chi connectivity index (χ1v) is 7.23. The van der Waals surface area contributed by atoms with Gasteiger partial charge in [0.05, 0.1) is 12.2 Å². The molecule has 1 aliphatic rings. The lowest BCUT2D eigenvalue weighted by Crippen LogP contribution is -2.36. The van der Waals surface area contributed by atoms with E-state index in [1.807, 2.05) is 0 Å². The summed E-state index contributed by atoms with van der Waals surface area (Å²) in [7, 11) is 4.28. The van der Waals surface area contributed by atoms with Gasteiger partial charge in [-0.15, -0.1) is 0 Å². The predicted octanol–water partition coefficient (Wildman–Crippen LogP) is 1.31. The number of aromatic nitrogens is 1. The van der Waals surface area contributed by atoms with Gasteiger partial charge in [0, 0.05) is 25.2 Å². The Hall–Kier alpha value is -0.910. The Kier molecular flexibility index (Phi) is 5.36. The summed E-state index contributed by atoms with van der Waals surface area (Å²) in [6, 6.07) is 2.73. The van der Waals surface area contributed by atoms with Crippen molar-refractivity contribution in [1.82, 2.24) is 20.3 Å². The third-order valence-electron chi connectivity index (χ3n) is 3.60. The molecule has 2 rings (SSSR count). The maximum atomic E-state index is 5.43. The molecule has 1 aromatic heterocycles. The fourth-order valence-electron chi connectivity index (χ4n) is 2.70. The average Bonchev–Trinajstić information content (AvgIpc) is 2.97. The molecule has 0 radical (unpaired) electrons. The Morgan fingerprint density at radius 2 is 2.37 bits per heavy atom. The Balaban J connectivity index is 1.87. The molecule has 1 unspecified atom stereocenters. The summed E-state index contributed by atoms with van der Waals surface area (Å²) in [5.41, 5.74) is 1.00. The molecule has 0 spiro atoms. The van der Waals surface area contributed by atoms with Gasteiger partial charge in [0.1, 0.15) is 0 Å². The summed E-state index contributed by atoms with van der Waals surface area (Å²) in [5, 5.41) is 7.37. The molecule has 1 atom stereocenters. The van der Waals surface area contributed by atoms with Crippen molar-refractivity contribution in [2.45, 2.75) is 38.9 Å². The lowest BCUT2D eigenvalue weighted by Gasteiger charge is -2.25. The quantitative estimate of drug-likeness (QED) is 0.806. The zero-order chi connectivity index (χ0) is 13.7. The minimum atomic E-state index is 0.650. The highest BCUT2D eigenvalue weighted by atomic mass is 16.5. The molecule has 5 nitrogen and oxygen atoms in total. The summed E-state index contributed by atoms with van der Waals surface area (Å²) in [5.74, 6) is 0.985. The molecule has 0 saturated carbocycles. The maximum absolute atomic E-state index is 5.43. The van der Waals surface area contributed by atoms with Crippen molar-refractivity contribution in [1.29, 1.82) is 0 Å². The van der Waals surface area contributed by atoms with Crippen LogP contribution >= 0.6 is 0 Å². The maximum Gasteiger partial charge on any atom is 0.151 e. The van der Waals surface area contributed by atoms with Gasteiger partial charge in [0.25, 0.3) is 0 Å². The van der Waals surface area contributed by atoms with Crippen molar-refractivity contribution in [2.24, 2.45) is 0 Å². The van der Waals surface area contributed by atoms with E-state index >= 15 is 0 Å². The molecule has 0 aromatic carbocycles. The molecule has 0 aliphatic carbocycles. The van der Waals surface area contributed by atoms with Gasteiger partial charge in [0.15, 0.2) is 5.76 Å². The van der Waals surface area contributed by atoms with Crippen LogP contribution in [0.1, 0.15) is 31.2 Å². The van der Waals surface area contributed by atoms with Gasteiger partial charge in [-0.3, -0.25) is 4.90 Å². The van der Waals surface area contributed by atoms with Gasteiger partial charge in [-0.1, -0.05) is 12.1 Å². The van der Waals surface area contributed by atoms with E-state index in [9.17, 15) is 0 Å². The zero-order valence-electron chi connectivity index (χ0n) is 12.4. The van der Waals surface area contributed by atoms with Crippen LogP contribution in [0, 0.1) is 0 Å². The molecular weight excluding hydrogens is 240 g/mol. The number of likely N-dealkylation sites (tertiary alicyclic amines) is 1. The highest BCUT2D eigenvalue weighted by Crippen LogP contribution is 2.20. The molecule has 1 saturated heterocycles. The average molecular weight is 266 g/mol. The molecule has 2 heterocycles. The Morgan fingerprint density at radius 1 is 1.53 bits per heavy atom. The van der Waals surface area contributed by atoms with Gasteiger partial charge in [-0.2, -0.15) is 0 Å². The number of hydrogen-bond acceptors (Lipinski definition) is 5. The summed E-state index contributed by atoms with van der Waals surface area (Å²) < 4.78 is 5.43. The van der Waals surface area contributed by atoms with E-state index in [0.29, 0.717) is 6.04 Å². The van der Waals surface area contributed by atoms with Crippen LogP contribution in [0.2, 0.25) is 0 Å². The van der Waals surface area contributed by atoms with Gasteiger partial charge < -0.3 is 14.7 Å². The molecule has 1 aromatic rings. The molecule has 1 aliphatic heterocycles. The van der Waals surface area contributed by atoms with E-state index in [0.717, 1.165) is 37.6 Å². The van der Waals surface area contributed by atoms with Gasteiger partial charge in [-0.25, -0.2) is 0 Å². The molecular formula is C14H26N4O. The summed E-state index contributed by atoms with van der Waals surface area (Å²) in [4.78, 5) is 4.78. The van der Waals surface area contributed by atoms with Crippen molar-refractivity contribution in [2.75, 3.05) is 33.7 Å². The Bertz CT molecular complexity index is 377. The van der Waals surface area contributed by atoms with E-state index in [4.69, 9.17) is 4.52 Å². The first kappa shape index (κ1) is 14.5.